The number of hydrogen-bond acceptors (Lipinski definition) is 3. The second-order valence-corrected chi connectivity index (χ2v) is 2.39. The molecule has 1 heterocycles. The first kappa shape index (κ1) is 4.77. The molecule has 0 spiro atoms. The molecule has 1 unspecified atom stereocenters. The van der Waals surface area contributed by atoms with E-state index in [1.165, 1.54) is 0 Å². The third-order valence-corrected chi connectivity index (χ3v) is 1.50. The highest BCUT2D eigenvalue weighted by Crippen LogP contribution is 1.97. The summed E-state index contributed by atoms with van der Waals surface area (Å²) >= 11 is -1.16. The molecule has 7 heavy (non-hydrogen) atoms. The molecular weight excluding hydrogens is 114 g/mol. The van der Waals surface area contributed by atoms with Gasteiger partial charge in [0.2, 0.25) is 11.1 Å². The maximum Gasteiger partial charge on any atom is 0.238 e. The Kier molecular flexibility index (Phi) is 1.10. The summed E-state index contributed by atoms with van der Waals surface area (Å²) in [4.78, 5) is 0. The van der Waals surface area contributed by atoms with Gasteiger partial charge in [0.25, 0.3) is 0 Å². The third kappa shape index (κ3) is 0.991. The topological polar surface area (TPSA) is 38.7 Å². The Morgan fingerprint density at radius 3 is 2.86 bits per heavy atom. The van der Waals surface area contributed by atoms with Crippen LogP contribution in [0.5, 0.6) is 0 Å². The minimum atomic E-state index is -1.16. The van der Waals surface area contributed by atoms with Crippen molar-refractivity contribution in [3.63, 3.8) is 0 Å². The molecule has 0 aromatic carbocycles. The lowest BCUT2D eigenvalue weighted by Gasteiger charge is -1.77. The monoisotopic (exact) mass is 119 g/mol. The fraction of sp³-hybridized carbons (Fsp3) is 0.667. The van der Waals surface area contributed by atoms with Crippen LogP contribution >= 0.6 is 0 Å². The van der Waals surface area contributed by atoms with Crippen LogP contribution < -0.4 is 0 Å². The van der Waals surface area contributed by atoms with E-state index in [2.05, 4.69) is 9.44 Å². The van der Waals surface area contributed by atoms with Crippen molar-refractivity contribution in [2.45, 2.75) is 6.92 Å². The summed E-state index contributed by atoms with van der Waals surface area (Å²) in [6.45, 7) is 1.78. The van der Waals surface area contributed by atoms with Crippen LogP contribution in [0.3, 0.4) is 0 Å². The van der Waals surface area contributed by atoms with E-state index < -0.39 is 11.1 Å². The van der Waals surface area contributed by atoms with E-state index in [4.69, 9.17) is 0 Å². The summed E-state index contributed by atoms with van der Waals surface area (Å²) < 4.78 is 14.6. The minimum absolute atomic E-state index is 0.472. The van der Waals surface area contributed by atoms with E-state index in [1.807, 2.05) is 0 Å². The largest absolute Gasteiger partial charge is 0.292 e. The maximum absolute atomic E-state index is 10.2. The van der Waals surface area contributed by atoms with Crippen molar-refractivity contribution in [3.05, 3.63) is 0 Å². The molecule has 40 valence electrons. The van der Waals surface area contributed by atoms with Crippen LogP contribution in [0, 0.1) is 0 Å². The van der Waals surface area contributed by atoms with E-state index >= 15 is 0 Å². The SMILES string of the molecule is CC1=NOS(=O)C1. The molecule has 0 radical (unpaired) electrons. The first-order valence-electron chi connectivity index (χ1n) is 1.88. The second kappa shape index (κ2) is 1.61. The molecule has 0 saturated carbocycles. The van der Waals surface area contributed by atoms with Gasteiger partial charge in [0, 0.05) is 0 Å². The molecule has 1 rings (SSSR count). The van der Waals surface area contributed by atoms with Crippen LogP contribution in [0.4, 0.5) is 0 Å². The van der Waals surface area contributed by atoms with Crippen LogP contribution in [0.1, 0.15) is 6.92 Å². The Labute approximate surface area is 44.0 Å². The Balaban J connectivity index is 2.58. The fourth-order valence-electron chi connectivity index (χ4n) is 0.328. The zero-order valence-corrected chi connectivity index (χ0v) is 4.70. The Bertz CT molecular complexity index is 131. The number of oxime groups is 1. The molecule has 3 nitrogen and oxygen atoms in total. The van der Waals surface area contributed by atoms with Crippen molar-refractivity contribution in [1.29, 1.82) is 0 Å². The summed E-state index contributed by atoms with van der Waals surface area (Å²) in [7, 11) is 0. The molecule has 0 aromatic heterocycles. The lowest BCUT2D eigenvalue weighted by atomic mass is 10.5. The first-order chi connectivity index (χ1) is 3.29. The van der Waals surface area contributed by atoms with Gasteiger partial charge in [0.15, 0.2) is 0 Å². The van der Waals surface area contributed by atoms with Crippen molar-refractivity contribution < 1.29 is 8.49 Å². The molecule has 0 bridgehead atoms. The third-order valence-electron chi connectivity index (χ3n) is 0.603. The van der Waals surface area contributed by atoms with Crippen molar-refractivity contribution >= 4 is 16.8 Å². The van der Waals surface area contributed by atoms with E-state index in [9.17, 15) is 4.21 Å². The summed E-state index contributed by atoms with van der Waals surface area (Å²) in [5.41, 5.74) is 0.804. The van der Waals surface area contributed by atoms with Crippen LogP contribution in [-0.2, 0) is 15.4 Å². The average molecular weight is 119 g/mol. The molecule has 4 heteroatoms. The van der Waals surface area contributed by atoms with Gasteiger partial charge in [-0.15, -0.1) is 0 Å². The number of rotatable bonds is 0. The molecule has 0 N–H and O–H groups in total. The highest BCUT2D eigenvalue weighted by molar-refractivity contribution is 7.81. The lowest BCUT2D eigenvalue weighted by molar-refractivity contribution is 0.386. The molecule has 1 atom stereocenters. The Morgan fingerprint density at radius 2 is 2.71 bits per heavy atom. The normalized spacial score (nSPS) is 29.3. The molecule has 0 aromatic rings. The van der Waals surface area contributed by atoms with E-state index in [-0.39, 0.29) is 0 Å². The van der Waals surface area contributed by atoms with Gasteiger partial charge in [-0.1, -0.05) is 5.16 Å². The van der Waals surface area contributed by atoms with Crippen molar-refractivity contribution in [2.75, 3.05) is 5.75 Å². The van der Waals surface area contributed by atoms with Crippen LogP contribution in [-0.4, -0.2) is 15.7 Å². The first-order valence-corrected chi connectivity index (χ1v) is 3.13. The molecule has 0 fully saturated rings. The summed E-state index contributed by atoms with van der Waals surface area (Å²) in [5, 5.41) is 3.43. The van der Waals surface area contributed by atoms with Gasteiger partial charge in [-0.2, -0.15) is 0 Å². The fourth-order valence-corrected chi connectivity index (χ4v) is 0.985. The molecule has 1 aliphatic heterocycles. The highest BCUT2D eigenvalue weighted by atomic mass is 32.2. The second-order valence-electron chi connectivity index (χ2n) is 1.35. The van der Waals surface area contributed by atoms with Crippen LogP contribution in [0.25, 0.3) is 0 Å². The number of hydrogen-bond donors (Lipinski definition) is 0. The Morgan fingerprint density at radius 1 is 2.00 bits per heavy atom. The van der Waals surface area contributed by atoms with Gasteiger partial charge >= 0.3 is 0 Å². The zero-order valence-electron chi connectivity index (χ0n) is 3.88. The summed E-state index contributed by atoms with van der Waals surface area (Å²) in [6.07, 6.45) is 0. The van der Waals surface area contributed by atoms with Gasteiger partial charge in [-0.3, -0.25) is 4.28 Å². The van der Waals surface area contributed by atoms with Gasteiger partial charge in [-0.25, -0.2) is 4.21 Å². The number of nitrogens with zero attached hydrogens (tertiary/aromatic N) is 1. The van der Waals surface area contributed by atoms with Crippen LogP contribution in [0.15, 0.2) is 5.16 Å². The summed E-state index contributed by atoms with van der Waals surface area (Å²) in [5.74, 6) is 0.472. The molecule has 0 aliphatic carbocycles. The zero-order chi connectivity index (χ0) is 5.28. The minimum Gasteiger partial charge on any atom is -0.292 e. The lowest BCUT2D eigenvalue weighted by Crippen LogP contribution is -1.95. The van der Waals surface area contributed by atoms with E-state index in [0.717, 1.165) is 5.71 Å². The van der Waals surface area contributed by atoms with Gasteiger partial charge in [0.05, 0.1) is 5.71 Å². The quantitative estimate of drug-likeness (QED) is 0.452. The van der Waals surface area contributed by atoms with E-state index in [1.54, 1.807) is 6.92 Å². The molecule has 0 saturated heterocycles. The predicted octanol–water partition coefficient (Wildman–Crippen LogP) is 0.0562. The van der Waals surface area contributed by atoms with Gasteiger partial charge < -0.3 is 0 Å². The van der Waals surface area contributed by atoms with Gasteiger partial charge in [0.1, 0.15) is 5.75 Å². The van der Waals surface area contributed by atoms with Crippen molar-refractivity contribution in [3.8, 4) is 0 Å². The smallest absolute Gasteiger partial charge is 0.238 e. The summed E-state index contributed by atoms with van der Waals surface area (Å²) in [6, 6.07) is 0. The van der Waals surface area contributed by atoms with E-state index in [0.29, 0.717) is 5.75 Å². The van der Waals surface area contributed by atoms with Crippen molar-refractivity contribution in [2.24, 2.45) is 5.16 Å². The maximum atomic E-state index is 10.2. The highest BCUT2D eigenvalue weighted by Gasteiger charge is 2.09. The van der Waals surface area contributed by atoms with Crippen molar-refractivity contribution in [1.82, 2.24) is 0 Å². The molecule has 1 aliphatic rings. The average Bonchev–Trinajstić information content (AvgIpc) is 1.87. The van der Waals surface area contributed by atoms with Crippen LogP contribution in [0.2, 0.25) is 0 Å². The molecular formula is C3H5NO2S. The molecule has 0 amide bonds. The standard InChI is InChI=1S/C3H5NO2S/c1-3-2-7(5)6-4-3/h2H2,1H3. The van der Waals surface area contributed by atoms with Gasteiger partial charge in [-0.05, 0) is 6.92 Å². The predicted molar refractivity (Wildman–Crippen MR) is 27.2 cm³/mol. The Hall–Kier alpha value is -0.380.